The van der Waals surface area contributed by atoms with Crippen molar-refractivity contribution in [3.05, 3.63) is 36.4 Å². The highest BCUT2D eigenvalue weighted by atomic mass is 32.2. The van der Waals surface area contributed by atoms with Gasteiger partial charge < -0.3 is 15.0 Å². The van der Waals surface area contributed by atoms with Gasteiger partial charge in [0.25, 0.3) is 0 Å². The average molecular weight is 566 g/mol. The van der Waals surface area contributed by atoms with E-state index >= 15 is 0 Å². The number of anilines is 1. The molecule has 8 rings (SSSR count). The Morgan fingerprint density at radius 3 is 2.35 bits per heavy atom. The van der Waals surface area contributed by atoms with E-state index in [-0.39, 0.29) is 0 Å². The molecule has 6 fully saturated rings. The molecule has 216 valence electrons. The minimum atomic E-state index is -1.24. The second-order valence-electron chi connectivity index (χ2n) is 13.8. The maximum Gasteiger partial charge on any atom is 0.210 e. The Labute approximate surface area is 240 Å². The molecule has 0 amide bonds. The molecule has 0 radical (unpaired) electrons. The van der Waals surface area contributed by atoms with E-state index in [2.05, 4.69) is 33.1 Å². The van der Waals surface area contributed by atoms with Crippen molar-refractivity contribution in [1.82, 2.24) is 10.0 Å². The zero-order chi connectivity index (χ0) is 27.1. The molecule has 2 aromatic rings. The largest absolute Gasteiger partial charge is 0.377 e. The fourth-order valence-corrected chi connectivity index (χ4v) is 10.8. The normalized spacial score (nSPS) is 41.6. The van der Waals surface area contributed by atoms with Crippen LogP contribution in [0, 0.1) is 29.1 Å². The smallest absolute Gasteiger partial charge is 0.210 e. The van der Waals surface area contributed by atoms with Crippen LogP contribution in [0.15, 0.2) is 41.3 Å². The van der Waals surface area contributed by atoms with Crippen LogP contribution in [0.2, 0.25) is 0 Å². The molecule has 3 bridgehead atoms. The summed E-state index contributed by atoms with van der Waals surface area (Å²) >= 11 is 0. The van der Waals surface area contributed by atoms with Crippen LogP contribution in [0.25, 0.3) is 10.8 Å². The lowest BCUT2D eigenvalue weighted by Crippen LogP contribution is -2.50. The summed E-state index contributed by atoms with van der Waals surface area (Å²) in [6.07, 6.45) is 11.4. The first-order valence-corrected chi connectivity index (χ1v) is 16.7. The van der Waals surface area contributed by atoms with Crippen LogP contribution < -0.4 is 14.9 Å². The van der Waals surface area contributed by atoms with Crippen molar-refractivity contribution in [2.75, 3.05) is 32.1 Å². The zero-order valence-electron chi connectivity index (χ0n) is 23.8. The van der Waals surface area contributed by atoms with Crippen LogP contribution in [0.3, 0.4) is 0 Å². The zero-order valence-corrected chi connectivity index (χ0v) is 24.6. The number of rotatable bonds is 8. The molecule has 0 aromatic heterocycles. The van der Waals surface area contributed by atoms with Crippen molar-refractivity contribution >= 4 is 27.4 Å². The Morgan fingerprint density at radius 2 is 1.60 bits per heavy atom. The predicted octanol–water partition coefficient (Wildman–Crippen LogP) is 5.27. The summed E-state index contributed by atoms with van der Waals surface area (Å²) in [4.78, 5) is 15.4. The SMILES string of the molecule is CN(C)c1cccc2c(S(=O)NCCCNC3CCC4(CC3)OOC3(O4)C4CC5CC6CC3CC56C4)cccc12. The van der Waals surface area contributed by atoms with E-state index in [9.17, 15) is 4.21 Å². The van der Waals surface area contributed by atoms with Crippen molar-refractivity contribution in [3.8, 4) is 0 Å². The fourth-order valence-electron chi connectivity index (χ4n) is 9.78. The first kappa shape index (κ1) is 26.1. The van der Waals surface area contributed by atoms with Gasteiger partial charge in [-0.05, 0) is 87.3 Å². The standard InChI is InChI=1S/C32H43N3O4S/c1-35(2)28-8-3-7-27-26(28)6-4-9-29(27)40(36)34-15-5-14-33-25-10-12-31(13-11-25)37-32(39-38-31)23-17-21-16-22-18-24(32)20-30(21,22)19-23/h3-4,6-9,21-25,33-34H,5,10-20H2,1-2H3. The predicted molar refractivity (Wildman–Crippen MR) is 156 cm³/mol. The summed E-state index contributed by atoms with van der Waals surface area (Å²) in [6, 6.07) is 12.7. The maximum absolute atomic E-state index is 13.1. The van der Waals surface area contributed by atoms with Crippen LogP contribution >= 0.6 is 0 Å². The van der Waals surface area contributed by atoms with Crippen molar-refractivity contribution in [2.45, 2.75) is 86.7 Å². The maximum atomic E-state index is 13.1. The van der Waals surface area contributed by atoms with Crippen molar-refractivity contribution in [3.63, 3.8) is 0 Å². The lowest BCUT2D eigenvalue weighted by molar-refractivity contribution is -0.374. The van der Waals surface area contributed by atoms with Crippen LogP contribution in [-0.2, 0) is 25.5 Å². The lowest BCUT2D eigenvalue weighted by Gasteiger charge is -2.49. The first-order chi connectivity index (χ1) is 19.4. The van der Waals surface area contributed by atoms with Gasteiger partial charge in [-0.1, -0.05) is 24.3 Å². The van der Waals surface area contributed by atoms with E-state index in [0.717, 1.165) is 71.8 Å². The highest BCUT2D eigenvalue weighted by Gasteiger charge is 2.77. The summed E-state index contributed by atoms with van der Waals surface area (Å²) in [5.74, 6) is 1.89. The number of nitrogens with one attached hydrogen (secondary N) is 2. The summed E-state index contributed by atoms with van der Waals surface area (Å²) in [6.45, 7) is 1.61. The minimum Gasteiger partial charge on any atom is -0.377 e. The van der Waals surface area contributed by atoms with Gasteiger partial charge in [0.05, 0.1) is 4.90 Å². The quantitative estimate of drug-likeness (QED) is 0.336. The molecule has 1 heterocycles. The Balaban J connectivity index is 0.807. The van der Waals surface area contributed by atoms with Gasteiger partial charge in [0.2, 0.25) is 11.6 Å². The molecule has 2 N–H and O–H groups in total. The van der Waals surface area contributed by atoms with Crippen molar-refractivity contribution in [1.29, 1.82) is 0 Å². The number of nitrogens with zero attached hydrogens (tertiary/aromatic N) is 1. The van der Waals surface area contributed by atoms with Crippen LogP contribution in [0.1, 0.15) is 64.2 Å². The van der Waals surface area contributed by atoms with E-state index in [0.29, 0.717) is 29.8 Å². The molecule has 5 unspecified atom stereocenters. The van der Waals surface area contributed by atoms with Gasteiger partial charge in [0, 0.05) is 67.8 Å². The molecule has 5 aliphatic carbocycles. The number of hydrogen-bond donors (Lipinski definition) is 2. The molecule has 2 aromatic carbocycles. The molecule has 5 saturated carbocycles. The number of fused-ring (bicyclic) bond motifs is 5. The fraction of sp³-hybridized carbons (Fsp3) is 0.688. The van der Waals surface area contributed by atoms with E-state index in [1.165, 1.54) is 32.1 Å². The third kappa shape index (κ3) is 3.82. The Morgan fingerprint density at radius 1 is 0.900 bits per heavy atom. The summed E-state index contributed by atoms with van der Waals surface area (Å²) < 4.78 is 23.3. The topological polar surface area (TPSA) is 72.1 Å². The van der Waals surface area contributed by atoms with Gasteiger partial charge in [-0.15, -0.1) is 0 Å². The van der Waals surface area contributed by atoms with Gasteiger partial charge in [-0.2, -0.15) is 9.78 Å². The van der Waals surface area contributed by atoms with Gasteiger partial charge in [0.15, 0.2) is 0 Å². The third-order valence-corrected chi connectivity index (χ3v) is 12.9. The van der Waals surface area contributed by atoms with E-state index in [1.54, 1.807) is 0 Å². The molecule has 8 heteroatoms. The van der Waals surface area contributed by atoms with E-state index < -0.39 is 22.6 Å². The molecule has 7 nitrogen and oxygen atoms in total. The van der Waals surface area contributed by atoms with Crippen molar-refractivity contribution in [2.24, 2.45) is 29.1 Å². The minimum absolute atomic E-state index is 0.465. The molecule has 5 atom stereocenters. The second kappa shape index (κ2) is 9.48. The van der Waals surface area contributed by atoms with E-state index in [4.69, 9.17) is 14.5 Å². The summed E-state index contributed by atoms with van der Waals surface area (Å²) in [7, 11) is 2.84. The highest BCUT2D eigenvalue weighted by Crippen LogP contribution is 2.79. The molecule has 6 aliphatic rings. The summed E-state index contributed by atoms with van der Waals surface area (Å²) in [5.41, 5.74) is 1.79. The van der Waals surface area contributed by atoms with Crippen LogP contribution in [0.5, 0.6) is 0 Å². The Bertz CT molecular complexity index is 1300. The Kier molecular flexibility index (Phi) is 6.19. The van der Waals surface area contributed by atoms with Crippen LogP contribution in [-0.4, -0.2) is 49.0 Å². The van der Waals surface area contributed by atoms with Gasteiger partial charge in [0.1, 0.15) is 11.0 Å². The lowest BCUT2D eigenvalue weighted by atomic mass is 9.56. The van der Waals surface area contributed by atoms with Gasteiger partial charge in [-0.25, -0.2) is 8.93 Å². The second-order valence-corrected chi connectivity index (χ2v) is 15.1. The highest BCUT2D eigenvalue weighted by molar-refractivity contribution is 7.83. The van der Waals surface area contributed by atoms with Gasteiger partial charge >= 0.3 is 0 Å². The van der Waals surface area contributed by atoms with E-state index in [1.807, 2.05) is 32.3 Å². The third-order valence-electron chi connectivity index (χ3n) is 11.7. The first-order valence-electron chi connectivity index (χ1n) is 15.6. The Hall–Kier alpha value is -1.55. The molecular weight excluding hydrogens is 522 g/mol. The summed E-state index contributed by atoms with van der Waals surface area (Å²) in [5, 5.41) is 5.90. The number of benzene rings is 2. The van der Waals surface area contributed by atoms with Gasteiger partial charge in [-0.3, -0.25) is 0 Å². The molecular formula is C32H43N3O4S. The number of hydrogen-bond acceptors (Lipinski definition) is 6. The van der Waals surface area contributed by atoms with Crippen LogP contribution in [0.4, 0.5) is 5.69 Å². The molecule has 1 aliphatic heterocycles. The number of ether oxygens (including phenoxy) is 1. The van der Waals surface area contributed by atoms with Crippen molar-refractivity contribution < 1.29 is 18.7 Å². The average Bonchev–Trinajstić information content (AvgIpc) is 3.55. The monoisotopic (exact) mass is 565 g/mol. The molecule has 3 spiro atoms. The molecule has 40 heavy (non-hydrogen) atoms. The molecule has 1 saturated heterocycles.